The van der Waals surface area contributed by atoms with Crippen LogP contribution in [0.1, 0.15) is 37.0 Å². The van der Waals surface area contributed by atoms with Crippen LogP contribution >= 0.6 is 0 Å². The second kappa shape index (κ2) is 6.61. The van der Waals surface area contributed by atoms with Gasteiger partial charge in [-0.3, -0.25) is 0 Å². The molecule has 0 bridgehead atoms. The van der Waals surface area contributed by atoms with Crippen molar-refractivity contribution in [3.63, 3.8) is 0 Å². The van der Waals surface area contributed by atoms with Crippen LogP contribution in [-0.4, -0.2) is 12.6 Å². The maximum absolute atomic E-state index is 4.01. The molecular formula is C16H25N. The molecule has 0 aromatic heterocycles. The molecular weight excluding hydrogens is 206 g/mol. The molecule has 0 saturated heterocycles. The van der Waals surface area contributed by atoms with E-state index < -0.39 is 0 Å². The highest BCUT2D eigenvalue weighted by Gasteiger charge is 2.09. The second-order valence-electron chi connectivity index (χ2n) is 5.12. The topological polar surface area (TPSA) is 12.0 Å². The molecule has 0 aliphatic heterocycles. The van der Waals surface area contributed by atoms with Gasteiger partial charge in [0.1, 0.15) is 0 Å². The maximum Gasteiger partial charge on any atom is 0.0144 e. The van der Waals surface area contributed by atoms with E-state index in [4.69, 9.17) is 0 Å². The summed E-state index contributed by atoms with van der Waals surface area (Å²) in [5.41, 5.74) is 5.38. The lowest BCUT2D eigenvalue weighted by Gasteiger charge is -2.18. The molecule has 1 nitrogen and oxygen atoms in total. The van der Waals surface area contributed by atoms with Crippen LogP contribution in [0.15, 0.2) is 30.4 Å². The third kappa shape index (κ3) is 5.18. The first-order chi connectivity index (χ1) is 8.01. The quantitative estimate of drug-likeness (QED) is 0.734. The number of hydrogen-bond acceptors (Lipinski definition) is 1. The Kier molecular flexibility index (Phi) is 5.43. The molecule has 0 heterocycles. The van der Waals surface area contributed by atoms with Crippen molar-refractivity contribution in [2.45, 2.75) is 46.6 Å². The number of hydrogen-bond donors (Lipinski definition) is 1. The lowest BCUT2D eigenvalue weighted by molar-refractivity contribution is 0.520. The summed E-state index contributed by atoms with van der Waals surface area (Å²) < 4.78 is 0. The highest BCUT2D eigenvalue weighted by molar-refractivity contribution is 5.29. The van der Waals surface area contributed by atoms with E-state index in [1.165, 1.54) is 22.3 Å². The Morgan fingerprint density at radius 3 is 2.29 bits per heavy atom. The maximum atomic E-state index is 4.01. The molecule has 0 amide bonds. The van der Waals surface area contributed by atoms with Crippen LogP contribution in [0, 0.1) is 13.8 Å². The molecule has 17 heavy (non-hydrogen) atoms. The van der Waals surface area contributed by atoms with E-state index in [0.29, 0.717) is 6.04 Å². The Balaban J connectivity index is 2.74. The zero-order chi connectivity index (χ0) is 12.8. The van der Waals surface area contributed by atoms with Gasteiger partial charge in [0.25, 0.3) is 0 Å². The third-order valence-corrected chi connectivity index (χ3v) is 2.85. The van der Waals surface area contributed by atoms with Gasteiger partial charge in [-0.15, -0.1) is 6.58 Å². The summed E-state index contributed by atoms with van der Waals surface area (Å²) in [4.78, 5) is 0. The van der Waals surface area contributed by atoms with Crippen molar-refractivity contribution in [3.05, 3.63) is 47.0 Å². The average molecular weight is 231 g/mol. The molecule has 1 rings (SSSR count). The summed E-state index contributed by atoms with van der Waals surface area (Å²) >= 11 is 0. The van der Waals surface area contributed by atoms with Crippen molar-refractivity contribution >= 4 is 0 Å². The van der Waals surface area contributed by atoms with E-state index >= 15 is 0 Å². The van der Waals surface area contributed by atoms with Crippen LogP contribution in [0.2, 0.25) is 0 Å². The molecule has 0 spiro atoms. The van der Waals surface area contributed by atoms with Crippen LogP contribution in [0.4, 0.5) is 0 Å². The number of benzene rings is 1. The van der Waals surface area contributed by atoms with E-state index in [0.717, 1.165) is 19.4 Å². The molecule has 1 heteroatoms. The minimum Gasteiger partial charge on any atom is -0.314 e. The number of rotatable bonds is 6. The second-order valence-corrected chi connectivity index (χ2v) is 5.12. The van der Waals surface area contributed by atoms with Crippen molar-refractivity contribution in [3.8, 4) is 0 Å². The minimum atomic E-state index is 0.513. The van der Waals surface area contributed by atoms with E-state index in [-0.39, 0.29) is 0 Å². The molecule has 0 saturated carbocycles. The first-order valence-corrected chi connectivity index (χ1v) is 6.46. The molecule has 0 radical (unpaired) electrons. The summed E-state index contributed by atoms with van der Waals surface area (Å²) in [6, 6.07) is 7.31. The van der Waals surface area contributed by atoms with Gasteiger partial charge in [-0.1, -0.05) is 41.8 Å². The van der Waals surface area contributed by atoms with Crippen LogP contribution in [0.5, 0.6) is 0 Å². The highest BCUT2D eigenvalue weighted by atomic mass is 14.9. The highest BCUT2D eigenvalue weighted by Crippen LogP contribution is 2.14. The van der Waals surface area contributed by atoms with Crippen LogP contribution in [-0.2, 0) is 6.42 Å². The Bertz CT molecular complexity index is 359. The van der Waals surface area contributed by atoms with E-state index in [9.17, 15) is 0 Å². The molecule has 0 aliphatic rings. The summed E-state index contributed by atoms with van der Waals surface area (Å²) in [7, 11) is 0. The van der Waals surface area contributed by atoms with Gasteiger partial charge in [-0.05, 0) is 45.7 Å². The number of nitrogens with one attached hydrogen (secondary N) is 1. The molecule has 1 N–H and O–H groups in total. The standard InChI is InChI=1S/C16H25N/c1-6-17-16(7-12(2)3)11-15-9-13(4)8-14(5)10-15/h8-10,16-17H,2,6-7,11H2,1,3-5H3. The zero-order valence-electron chi connectivity index (χ0n) is 11.6. The summed E-state index contributed by atoms with van der Waals surface area (Å²) in [5, 5.41) is 3.54. The Hall–Kier alpha value is -1.08. The van der Waals surface area contributed by atoms with Gasteiger partial charge in [0.2, 0.25) is 0 Å². The smallest absolute Gasteiger partial charge is 0.0144 e. The SMILES string of the molecule is C=C(C)CC(Cc1cc(C)cc(C)c1)NCC. The monoisotopic (exact) mass is 231 g/mol. The number of aryl methyl sites for hydroxylation is 2. The fourth-order valence-electron chi connectivity index (χ4n) is 2.40. The Morgan fingerprint density at radius 2 is 1.82 bits per heavy atom. The lowest BCUT2D eigenvalue weighted by atomic mass is 9.97. The fraction of sp³-hybridized carbons (Fsp3) is 0.500. The summed E-state index contributed by atoms with van der Waals surface area (Å²) in [6.45, 7) is 13.6. The Morgan fingerprint density at radius 1 is 1.24 bits per heavy atom. The molecule has 0 aliphatic carbocycles. The molecule has 1 unspecified atom stereocenters. The summed E-state index contributed by atoms with van der Waals surface area (Å²) in [6.07, 6.45) is 2.14. The largest absolute Gasteiger partial charge is 0.314 e. The van der Waals surface area contributed by atoms with Gasteiger partial charge in [0.05, 0.1) is 0 Å². The van der Waals surface area contributed by atoms with Crippen molar-refractivity contribution in [2.24, 2.45) is 0 Å². The zero-order valence-corrected chi connectivity index (χ0v) is 11.6. The van der Waals surface area contributed by atoms with Crippen molar-refractivity contribution in [2.75, 3.05) is 6.54 Å². The normalized spacial score (nSPS) is 12.5. The Labute approximate surface area is 106 Å². The molecule has 1 atom stereocenters. The van der Waals surface area contributed by atoms with Crippen molar-refractivity contribution < 1.29 is 0 Å². The van der Waals surface area contributed by atoms with Gasteiger partial charge >= 0.3 is 0 Å². The first kappa shape index (κ1) is 14.0. The molecule has 94 valence electrons. The third-order valence-electron chi connectivity index (χ3n) is 2.85. The van der Waals surface area contributed by atoms with Crippen LogP contribution in [0.25, 0.3) is 0 Å². The van der Waals surface area contributed by atoms with E-state index in [2.05, 4.69) is 57.8 Å². The van der Waals surface area contributed by atoms with Gasteiger partial charge in [-0.2, -0.15) is 0 Å². The fourth-order valence-corrected chi connectivity index (χ4v) is 2.40. The number of likely N-dealkylation sites (N-methyl/N-ethyl adjacent to an activating group) is 1. The van der Waals surface area contributed by atoms with Crippen LogP contribution < -0.4 is 5.32 Å². The predicted octanol–water partition coefficient (Wildman–Crippen LogP) is 3.79. The van der Waals surface area contributed by atoms with Gasteiger partial charge in [0, 0.05) is 6.04 Å². The summed E-state index contributed by atoms with van der Waals surface area (Å²) in [5.74, 6) is 0. The van der Waals surface area contributed by atoms with Crippen molar-refractivity contribution in [1.82, 2.24) is 5.32 Å². The van der Waals surface area contributed by atoms with Gasteiger partial charge in [0.15, 0.2) is 0 Å². The van der Waals surface area contributed by atoms with E-state index in [1.54, 1.807) is 0 Å². The van der Waals surface area contributed by atoms with Crippen LogP contribution in [0.3, 0.4) is 0 Å². The van der Waals surface area contributed by atoms with Crippen molar-refractivity contribution in [1.29, 1.82) is 0 Å². The lowest BCUT2D eigenvalue weighted by Crippen LogP contribution is -2.31. The minimum absolute atomic E-state index is 0.513. The molecule has 1 aromatic rings. The predicted molar refractivity (Wildman–Crippen MR) is 76.5 cm³/mol. The average Bonchev–Trinajstić information content (AvgIpc) is 2.14. The van der Waals surface area contributed by atoms with Gasteiger partial charge < -0.3 is 5.32 Å². The first-order valence-electron chi connectivity index (χ1n) is 6.46. The van der Waals surface area contributed by atoms with Gasteiger partial charge in [-0.25, -0.2) is 0 Å². The molecule has 0 fully saturated rings. The van der Waals surface area contributed by atoms with E-state index in [1.807, 2.05) is 0 Å². The molecule has 1 aromatic carbocycles.